The summed E-state index contributed by atoms with van der Waals surface area (Å²) < 4.78 is 0. The van der Waals surface area contributed by atoms with E-state index in [9.17, 15) is 4.79 Å². The molecule has 0 atom stereocenters. The van der Waals surface area contributed by atoms with E-state index in [1.54, 1.807) is 7.05 Å². The molecule has 0 aliphatic heterocycles. The molecular formula is C6H8ClNO. The highest BCUT2D eigenvalue weighted by Gasteiger charge is 2.00. The van der Waals surface area contributed by atoms with Gasteiger partial charge in [-0.2, -0.15) is 0 Å². The maximum atomic E-state index is 10.3. The average Bonchev–Trinajstić information content (AvgIpc) is 1.82. The van der Waals surface area contributed by atoms with Crippen LogP contribution in [-0.4, -0.2) is 23.9 Å². The van der Waals surface area contributed by atoms with Gasteiger partial charge in [-0.3, -0.25) is 4.79 Å². The second-order valence-electron chi connectivity index (χ2n) is 1.63. The lowest BCUT2D eigenvalue weighted by molar-refractivity contribution is 0.233. The van der Waals surface area contributed by atoms with Crippen molar-refractivity contribution in [2.75, 3.05) is 13.6 Å². The standard InChI is InChI=1S/C6H8ClNO/c1-3-4-5-8(2)6(7)9/h1H,4-5H2,2H3. The van der Waals surface area contributed by atoms with E-state index in [1.807, 2.05) is 0 Å². The number of carbonyl (C=O) groups is 1. The zero-order chi connectivity index (χ0) is 7.28. The maximum Gasteiger partial charge on any atom is 0.316 e. The van der Waals surface area contributed by atoms with E-state index >= 15 is 0 Å². The van der Waals surface area contributed by atoms with Gasteiger partial charge in [-0.1, -0.05) is 0 Å². The molecule has 0 aromatic rings. The molecule has 0 aliphatic rings. The van der Waals surface area contributed by atoms with Crippen LogP contribution in [0, 0.1) is 12.3 Å². The van der Waals surface area contributed by atoms with Gasteiger partial charge < -0.3 is 4.90 Å². The number of terminal acetylenes is 1. The first kappa shape index (κ1) is 8.32. The van der Waals surface area contributed by atoms with Crippen LogP contribution in [0.15, 0.2) is 0 Å². The van der Waals surface area contributed by atoms with E-state index in [0.29, 0.717) is 13.0 Å². The molecule has 0 spiro atoms. The van der Waals surface area contributed by atoms with E-state index in [4.69, 9.17) is 18.0 Å². The largest absolute Gasteiger partial charge is 0.331 e. The monoisotopic (exact) mass is 145 g/mol. The molecule has 2 nitrogen and oxygen atoms in total. The normalized spacial score (nSPS) is 8.11. The fourth-order valence-corrected chi connectivity index (χ4v) is 0.405. The second-order valence-corrected chi connectivity index (χ2v) is 1.95. The Balaban J connectivity index is 3.41. The fourth-order valence-electron chi connectivity index (χ4n) is 0.320. The van der Waals surface area contributed by atoms with Gasteiger partial charge in [0.1, 0.15) is 0 Å². The predicted molar refractivity (Wildman–Crippen MR) is 37.3 cm³/mol. The summed E-state index contributed by atoms with van der Waals surface area (Å²) in [6, 6.07) is 0. The van der Waals surface area contributed by atoms with Crippen molar-refractivity contribution in [3.63, 3.8) is 0 Å². The first-order valence-corrected chi connectivity index (χ1v) is 2.90. The molecular weight excluding hydrogens is 138 g/mol. The van der Waals surface area contributed by atoms with Gasteiger partial charge in [0.2, 0.25) is 0 Å². The fraction of sp³-hybridized carbons (Fsp3) is 0.500. The topological polar surface area (TPSA) is 20.3 Å². The summed E-state index contributed by atoms with van der Waals surface area (Å²) in [6.45, 7) is 0.527. The molecule has 0 saturated heterocycles. The third-order valence-corrected chi connectivity index (χ3v) is 1.18. The Hall–Kier alpha value is -0.680. The third-order valence-electron chi connectivity index (χ3n) is 0.892. The Bertz CT molecular complexity index is 138. The van der Waals surface area contributed by atoms with Crippen molar-refractivity contribution in [2.24, 2.45) is 0 Å². The number of nitrogens with zero attached hydrogens (tertiary/aromatic N) is 1. The molecule has 1 amide bonds. The van der Waals surface area contributed by atoms with Gasteiger partial charge in [-0.25, -0.2) is 0 Å². The molecule has 0 aromatic carbocycles. The lowest BCUT2D eigenvalue weighted by Crippen LogP contribution is -2.21. The quantitative estimate of drug-likeness (QED) is 0.326. The van der Waals surface area contributed by atoms with Gasteiger partial charge in [0, 0.05) is 20.0 Å². The molecule has 0 aromatic heterocycles. The van der Waals surface area contributed by atoms with Gasteiger partial charge in [0.25, 0.3) is 0 Å². The van der Waals surface area contributed by atoms with Crippen LogP contribution in [0.3, 0.4) is 0 Å². The van der Waals surface area contributed by atoms with Crippen LogP contribution in [0.5, 0.6) is 0 Å². The molecule has 3 heteroatoms. The lowest BCUT2D eigenvalue weighted by Gasteiger charge is -2.09. The molecule has 0 radical (unpaired) electrons. The first-order chi connectivity index (χ1) is 4.18. The molecule has 50 valence electrons. The van der Waals surface area contributed by atoms with Crippen LogP contribution in [0.1, 0.15) is 6.42 Å². The Morgan fingerprint density at radius 3 is 2.78 bits per heavy atom. The van der Waals surface area contributed by atoms with Crippen molar-refractivity contribution in [1.29, 1.82) is 0 Å². The number of carbonyl (C=O) groups excluding carboxylic acids is 1. The van der Waals surface area contributed by atoms with Gasteiger partial charge in [-0.05, 0) is 11.6 Å². The molecule has 0 heterocycles. The minimum absolute atomic E-state index is 0.467. The summed E-state index contributed by atoms with van der Waals surface area (Å²) in [5.41, 5.74) is 0. The van der Waals surface area contributed by atoms with E-state index in [1.165, 1.54) is 4.90 Å². The van der Waals surface area contributed by atoms with E-state index < -0.39 is 5.37 Å². The Morgan fingerprint density at radius 1 is 1.89 bits per heavy atom. The van der Waals surface area contributed by atoms with Gasteiger partial charge >= 0.3 is 5.37 Å². The number of rotatable bonds is 2. The summed E-state index contributed by atoms with van der Waals surface area (Å²) in [5.74, 6) is 2.40. The smallest absolute Gasteiger partial charge is 0.316 e. The molecule has 0 rings (SSSR count). The van der Waals surface area contributed by atoms with Crippen molar-refractivity contribution in [3.8, 4) is 12.3 Å². The number of halogens is 1. The predicted octanol–water partition coefficient (Wildman–Crippen LogP) is 1.30. The Morgan fingerprint density at radius 2 is 2.44 bits per heavy atom. The molecule has 9 heavy (non-hydrogen) atoms. The van der Waals surface area contributed by atoms with Crippen molar-refractivity contribution in [3.05, 3.63) is 0 Å². The van der Waals surface area contributed by atoms with Crippen LogP contribution in [0.2, 0.25) is 0 Å². The molecule has 0 saturated carbocycles. The highest BCUT2D eigenvalue weighted by Crippen LogP contribution is 1.92. The summed E-state index contributed by atoms with van der Waals surface area (Å²) in [6.07, 6.45) is 5.50. The maximum absolute atomic E-state index is 10.3. The van der Waals surface area contributed by atoms with Crippen LogP contribution < -0.4 is 0 Å². The molecule has 0 bridgehead atoms. The average molecular weight is 146 g/mol. The summed E-state index contributed by atoms with van der Waals surface area (Å²) in [4.78, 5) is 11.6. The third kappa shape index (κ3) is 3.87. The summed E-state index contributed by atoms with van der Waals surface area (Å²) in [7, 11) is 1.60. The summed E-state index contributed by atoms with van der Waals surface area (Å²) in [5, 5.41) is -0.467. The second kappa shape index (κ2) is 4.22. The highest BCUT2D eigenvalue weighted by atomic mass is 35.5. The Labute approximate surface area is 59.8 Å². The lowest BCUT2D eigenvalue weighted by atomic mass is 10.4. The minimum atomic E-state index is -0.467. The molecule has 0 aliphatic carbocycles. The van der Waals surface area contributed by atoms with E-state index in [0.717, 1.165) is 0 Å². The SMILES string of the molecule is C#CCCN(C)C(=O)Cl. The van der Waals surface area contributed by atoms with Crippen LogP contribution in [-0.2, 0) is 0 Å². The van der Waals surface area contributed by atoms with Crippen LogP contribution >= 0.6 is 11.6 Å². The Kier molecular flexibility index (Phi) is 3.90. The van der Waals surface area contributed by atoms with Gasteiger partial charge in [0.15, 0.2) is 0 Å². The van der Waals surface area contributed by atoms with Crippen molar-refractivity contribution in [1.82, 2.24) is 4.90 Å². The minimum Gasteiger partial charge on any atom is -0.331 e. The first-order valence-electron chi connectivity index (χ1n) is 2.52. The van der Waals surface area contributed by atoms with E-state index in [-0.39, 0.29) is 0 Å². The highest BCUT2D eigenvalue weighted by molar-refractivity contribution is 6.62. The summed E-state index contributed by atoms with van der Waals surface area (Å²) >= 11 is 5.08. The van der Waals surface area contributed by atoms with Crippen molar-refractivity contribution < 1.29 is 4.79 Å². The van der Waals surface area contributed by atoms with Gasteiger partial charge in [-0.15, -0.1) is 12.3 Å². The number of amides is 1. The zero-order valence-corrected chi connectivity index (χ0v) is 5.98. The van der Waals surface area contributed by atoms with Gasteiger partial charge in [0.05, 0.1) is 0 Å². The zero-order valence-electron chi connectivity index (χ0n) is 5.22. The van der Waals surface area contributed by atoms with E-state index in [2.05, 4.69) is 5.92 Å². The number of hydrogen-bond acceptors (Lipinski definition) is 1. The van der Waals surface area contributed by atoms with Crippen molar-refractivity contribution in [2.45, 2.75) is 6.42 Å². The molecule has 0 unspecified atom stereocenters. The van der Waals surface area contributed by atoms with Crippen LogP contribution in [0.25, 0.3) is 0 Å². The van der Waals surface area contributed by atoms with Crippen molar-refractivity contribution >= 4 is 17.0 Å². The van der Waals surface area contributed by atoms with Crippen LogP contribution in [0.4, 0.5) is 4.79 Å². The molecule has 0 N–H and O–H groups in total. The molecule has 0 fully saturated rings. The number of hydrogen-bond donors (Lipinski definition) is 0.